The van der Waals surface area contributed by atoms with Crippen LogP contribution in [0.3, 0.4) is 0 Å². The van der Waals surface area contributed by atoms with E-state index in [0.717, 1.165) is 18.4 Å². The molecular weight excluding hydrogens is 887 g/mol. The number of hydrogen-bond acceptors (Lipinski definition) is 15. The van der Waals surface area contributed by atoms with Gasteiger partial charge < -0.3 is 38.8 Å². The summed E-state index contributed by atoms with van der Waals surface area (Å²) in [5.74, 6) is -7.94. The Morgan fingerprint density at radius 1 is 0.884 bits per heavy atom. The second-order valence-corrected chi connectivity index (χ2v) is 20.3. The van der Waals surface area contributed by atoms with Crippen LogP contribution in [0.5, 0.6) is 0 Å². The molecule has 0 radical (unpaired) electrons. The fraction of sp³-hybridized carbons (Fsp3) is 0.731. The summed E-state index contributed by atoms with van der Waals surface area (Å²) in [5, 5.41) is 35.7. The number of rotatable bonds is 7. The van der Waals surface area contributed by atoms with E-state index in [0.29, 0.717) is 56.9 Å². The predicted octanol–water partition coefficient (Wildman–Crippen LogP) is 6.05. The number of fused-ring (bicyclic) bond motifs is 3. The lowest BCUT2D eigenvalue weighted by Crippen LogP contribution is -2.61. The smallest absolute Gasteiger partial charge is 0.329 e. The van der Waals surface area contributed by atoms with Gasteiger partial charge in [0.15, 0.2) is 12.1 Å². The zero-order valence-corrected chi connectivity index (χ0v) is 42.5. The van der Waals surface area contributed by atoms with E-state index < -0.39 is 77.8 Å². The molecule has 2 saturated heterocycles. The first kappa shape index (κ1) is 55.7. The van der Waals surface area contributed by atoms with E-state index >= 15 is 0 Å². The molecule has 1 aromatic rings. The maximum atomic E-state index is 14.5. The van der Waals surface area contributed by atoms with Crippen molar-refractivity contribution >= 4 is 29.2 Å². The van der Waals surface area contributed by atoms with Crippen LogP contribution in [0.15, 0.2) is 53.9 Å². The van der Waals surface area contributed by atoms with Gasteiger partial charge in [-0.15, -0.1) is 10.2 Å². The fourth-order valence-corrected chi connectivity index (χ4v) is 10.7. The van der Waals surface area contributed by atoms with Gasteiger partial charge in [0.2, 0.25) is 5.79 Å². The zero-order valence-electron chi connectivity index (χ0n) is 42.5. The zero-order chi connectivity index (χ0) is 50.6. The molecule has 4 heterocycles. The van der Waals surface area contributed by atoms with Gasteiger partial charge >= 0.3 is 5.97 Å². The van der Waals surface area contributed by atoms with Crippen molar-refractivity contribution in [3.05, 3.63) is 53.9 Å². The molecule has 4 aliphatic rings. The van der Waals surface area contributed by atoms with E-state index in [9.17, 15) is 34.2 Å². The Bertz CT molecular complexity index is 2020. The van der Waals surface area contributed by atoms with E-state index in [2.05, 4.69) is 15.4 Å². The number of esters is 1. The third-order valence-corrected chi connectivity index (χ3v) is 15.1. The number of tetrazole rings is 1. The number of cyclic esters (lactones) is 1. The van der Waals surface area contributed by atoms with Crippen molar-refractivity contribution in [3.63, 3.8) is 0 Å². The number of Topliss-reactive ketones (excluding diaryl/α,β-unsaturated/α-hetero) is 3. The monoisotopic (exact) mass is 966 g/mol. The summed E-state index contributed by atoms with van der Waals surface area (Å²) in [6.07, 6.45) is 13.7. The molecule has 1 amide bonds. The predicted molar refractivity (Wildman–Crippen MR) is 256 cm³/mol. The number of amides is 1. The van der Waals surface area contributed by atoms with E-state index in [1.807, 2.05) is 58.1 Å². The number of allylic oxidation sites excluding steroid dienone is 6. The molecule has 3 aliphatic heterocycles. The van der Waals surface area contributed by atoms with Gasteiger partial charge in [-0.3, -0.25) is 19.2 Å². The van der Waals surface area contributed by atoms with Crippen LogP contribution >= 0.6 is 0 Å². The highest BCUT2D eigenvalue weighted by atomic mass is 16.6. The third-order valence-electron chi connectivity index (χ3n) is 15.1. The van der Waals surface area contributed by atoms with Gasteiger partial charge in [-0.25, -0.2) is 4.79 Å². The lowest BCUT2D eigenvalue weighted by atomic mass is 9.77. The van der Waals surface area contributed by atoms with E-state index in [4.69, 9.17) is 23.7 Å². The number of aromatic nitrogens is 4. The molecule has 2 bridgehead atoms. The molecule has 17 nitrogen and oxygen atoms in total. The second-order valence-electron chi connectivity index (χ2n) is 20.3. The first-order valence-corrected chi connectivity index (χ1v) is 25.0. The summed E-state index contributed by atoms with van der Waals surface area (Å²) in [4.78, 5) is 73.9. The van der Waals surface area contributed by atoms with Crippen LogP contribution in [0.1, 0.15) is 132 Å². The van der Waals surface area contributed by atoms with Gasteiger partial charge in [0, 0.05) is 58.5 Å². The molecule has 0 spiro atoms. The minimum atomic E-state index is -2.43. The average molecular weight is 966 g/mol. The summed E-state index contributed by atoms with van der Waals surface area (Å²) in [6.45, 7) is 12.8. The first-order valence-electron chi connectivity index (χ1n) is 25.0. The number of aliphatic hydroxyl groups is 2. The Morgan fingerprint density at radius 2 is 1.64 bits per heavy atom. The molecule has 3 unspecified atom stereocenters. The van der Waals surface area contributed by atoms with Crippen molar-refractivity contribution in [2.45, 2.75) is 180 Å². The van der Waals surface area contributed by atoms with Crippen molar-refractivity contribution in [2.75, 3.05) is 27.9 Å². The standard InChI is InChI=1S/C52H79N5O12/c1-31-16-12-11-13-17-32(2)43(65-8)28-39-21-19-37(7)52(64,69-39)49(61)50(62)56-23-15-14-18-41(56)51(63)68-44(34(4)26-38-20-22-40(45(27-38)66-9)57-54-30-53-55-57)29-42(58)33(3)25-36(6)47(60)48(67-10)46(59)35(5)24-31/h11-13,16-17,25,30-31,33-35,37-41,43-45,47-48,60,64H,14-15,18-24,26-29H2,1-10H3/b13-11+,16-12+,32-17+,36-25+/t31-,33-,34-,35?,37-,38+,39+,40+,41+,43+,44+,45-,47-,48?,52?/m1/s1. The fourth-order valence-electron chi connectivity index (χ4n) is 10.7. The normalized spacial score (nSPS) is 38.8. The number of aliphatic hydroxyl groups excluding tert-OH is 1. The number of hydrogen-bond donors (Lipinski definition) is 2. The van der Waals surface area contributed by atoms with Crippen LogP contribution in [-0.4, -0.2) is 141 Å². The van der Waals surface area contributed by atoms with E-state index in [-0.39, 0.29) is 60.9 Å². The highest BCUT2D eigenvalue weighted by Crippen LogP contribution is 2.39. The van der Waals surface area contributed by atoms with Gasteiger partial charge in [-0.2, -0.15) is 4.80 Å². The summed E-state index contributed by atoms with van der Waals surface area (Å²) in [6, 6.07) is -1.24. The second kappa shape index (κ2) is 25.7. The molecule has 17 heteroatoms. The van der Waals surface area contributed by atoms with Crippen LogP contribution < -0.4 is 0 Å². The van der Waals surface area contributed by atoms with Crippen LogP contribution in [0.4, 0.5) is 0 Å². The number of carbonyl (C=O) groups is 5. The minimum absolute atomic E-state index is 0.0168. The molecule has 0 aromatic carbocycles. The highest BCUT2D eigenvalue weighted by molar-refractivity contribution is 6.39. The lowest BCUT2D eigenvalue weighted by molar-refractivity contribution is -0.265. The summed E-state index contributed by atoms with van der Waals surface area (Å²) in [5.41, 5.74) is 1.27. The number of ether oxygens (including phenoxy) is 5. The molecule has 1 aliphatic carbocycles. The number of methoxy groups -OCH3 is 3. The molecule has 1 aromatic heterocycles. The maximum absolute atomic E-state index is 14.5. The van der Waals surface area contributed by atoms with Crippen LogP contribution in [0, 0.1) is 35.5 Å². The number of carbonyl (C=O) groups excluding carboxylic acids is 5. The van der Waals surface area contributed by atoms with Gasteiger partial charge in [0.1, 0.15) is 30.1 Å². The Balaban J connectivity index is 1.46. The van der Waals surface area contributed by atoms with Gasteiger partial charge in [0.05, 0.1) is 24.4 Å². The van der Waals surface area contributed by atoms with Gasteiger partial charge in [-0.05, 0) is 112 Å². The molecule has 5 rings (SSSR count). The van der Waals surface area contributed by atoms with Gasteiger partial charge in [0.25, 0.3) is 11.7 Å². The van der Waals surface area contributed by atoms with Crippen molar-refractivity contribution in [3.8, 4) is 0 Å². The quantitative estimate of drug-likeness (QED) is 0.181. The Labute approximate surface area is 408 Å². The van der Waals surface area contributed by atoms with Crippen molar-refractivity contribution in [1.82, 2.24) is 25.1 Å². The maximum Gasteiger partial charge on any atom is 0.329 e. The Hall–Kier alpha value is -4.26. The van der Waals surface area contributed by atoms with Crippen molar-refractivity contribution in [1.29, 1.82) is 0 Å². The molecule has 3 fully saturated rings. The highest BCUT2D eigenvalue weighted by Gasteiger charge is 2.53. The minimum Gasteiger partial charge on any atom is -0.460 e. The average Bonchev–Trinajstić information content (AvgIpc) is 3.88. The topological polar surface area (TPSA) is 219 Å². The molecule has 69 heavy (non-hydrogen) atoms. The summed E-state index contributed by atoms with van der Waals surface area (Å²) >= 11 is 0. The van der Waals surface area contributed by atoms with Crippen LogP contribution in [0.2, 0.25) is 0 Å². The Kier molecular flexibility index (Phi) is 20.8. The molecule has 15 atom stereocenters. The number of nitrogens with zero attached hydrogens (tertiary/aromatic N) is 5. The molecule has 2 N–H and O–H groups in total. The number of piperidine rings is 1. The van der Waals surface area contributed by atoms with Crippen molar-refractivity contribution < 1.29 is 57.9 Å². The van der Waals surface area contributed by atoms with E-state index in [1.54, 1.807) is 45.9 Å². The van der Waals surface area contributed by atoms with E-state index in [1.165, 1.54) is 18.3 Å². The Morgan fingerprint density at radius 3 is 2.32 bits per heavy atom. The SMILES string of the molecule is COC1C(=O)C(C)C[C@H](C)/C=C/C=C/C=C(\C)[C@@H](OC)C[C@@H]2CC[C@@H](C)C(O)(O2)C(=O)C(=O)N2CCCC[C@H]2C(=O)O[C@H]([C@H](C)C[C@@H]2CC[C@H](n3ncnn3)[C@H](OC)C2)CC(=O)[C@H](C)/C=C(\C)[C@H]1O. The lowest BCUT2D eigenvalue weighted by Gasteiger charge is -2.42. The van der Waals surface area contributed by atoms with Crippen LogP contribution in [-0.2, 0) is 47.7 Å². The molecule has 1 saturated carbocycles. The largest absolute Gasteiger partial charge is 0.460 e. The summed E-state index contributed by atoms with van der Waals surface area (Å²) < 4.78 is 29.9. The third kappa shape index (κ3) is 14.2. The number of ketones is 3. The molecule has 384 valence electrons. The van der Waals surface area contributed by atoms with Crippen LogP contribution in [0.25, 0.3) is 0 Å². The summed E-state index contributed by atoms with van der Waals surface area (Å²) in [7, 11) is 4.61. The van der Waals surface area contributed by atoms with Gasteiger partial charge in [-0.1, -0.05) is 71.1 Å². The molecular formula is C52H79N5O12. The first-order chi connectivity index (χ1) is 32.8. The van der Waals surface area contributed by atoms with Crippen molar-refractivity contribution in [2.24, 2.45) is 35.5 Å².